The lowest BCUT2D eigenvalue weighted by Crippen LogP contribution is -2.34. The van der Waals surface area contributed by atoms with E-state index in [1.807, 2.05) is 44.4 Å². The minimum Gasteiger partial charge on any atom is -0.337 e. The number of anilines is 1. The van der Waals surface area contributed by atoms with Crippen molar-refractivity contribution in [1.29, 1.82) is 0 Å². The van der Waals surface area contributed by atoms with Gasteiger partial charge in [-0.3, -0.25) is 0 Å². The van der Waals surface area contributed by atoms with E-state index in [9.17, 15) is 4.79 Å². The number of aromatic nitrogens is 2. The van der Waals surface area contributed by atoms with Gasteiger partial charge in [0.25, 0.3) is 0 Å². The lowest BCUT2D eigenvalue weighted by atomic mass is 10.2. The van der Waals surface area contributed by atoms with Gasteiger partial charge in [0.15, 0.2) is 5.82 Å². The summed E-state index contributed by atoms with van der Waals surface area (Å²) in [5.41, 5.74) is 0.828. The van der Waals surface area contributed by atoms with Crippen molar-refractivity contribution in [2.75, 3.05) is 18.1 Å². The third-order valence-corrected chi connectivity index (χ3v) is 4.92. The first kappa shape index (κ1) is 16.8. The van der Waals surface area contributed by atoms with Gasteiger partial charge in [0.2, 0.25) is 5.89 Å². The number of carbonyl (C=O) groups excluding carboxylic acids is 1. The highest BCUT2D eigenvalue weighted by molar-refractivity contribution is 7.98. The Kier molecular flexibility index (Phi) is 5.08. The van der Waals surface area contributed by atoms with E-state index in [-0.39, 0.29) is 18.0 Å². The van der Waals surface area contributed by atoms with Crippen LogP contribution in [0.1, 0.15) is 50.4 Å². The Labute approximate surface area is 146 Å². The van der Waals surface area contributed by atoms with Crippen molar-refractivity contribution in [1.82, 2.24) is 15.0 Å². The molecule has 0 aliphatic carbocycles. The molecule has 2 amide bonds. The van der Waals surface area contributed by atoms with Crippen molar-refractivity contribution in [3.8, 4) is 0 Å². The summed E-state index contributed by atoms with van der Waals surface area (Å²) in [5, 5.41) is 7.03. The van der Waals surface area contributed by atoms with Crippen LogP contribution in [0, 0.1) is 0 Å². The highest BCUT2D eigenvalue weighted by atomic mass is 32.2. The van der Waals surface area contributed by atoms with Crippen LogP contribution in [0.3, 0.4) is 0 Å². The Morgan fingerprint density at radius 1 is 1.42 bits per heavy atom. The molecule has 0 radical (unpaired) electrons. The summed E-state index contributed by atoms with van der Waals surface area (Å²) in [6.45, 7) is 4.73. The minimum absolute atomic E-state index is 0.122. The maximum atomic E-state index is 12.7. The number of thioether (sulfide) groups is 1. The maximum absolute atomic E-state index is 12.7. The molecule has 7 heteroatoms. The van der Waals surface area contributed by atoms with Crippen LogP contribution in [-0.4, -0.2) is 33.9 Å². The fourth-order valence-corrected chi connectivity index (χ4v) is 3.37. The van der Waals surface area contributed by atoms with Crippen molar-refractivity contribution in [3.05, 3.63) is 36.0 Å². The van der Waals surface area contributed by atoms with E-state index < -0.39 is 0 Å². The van der Waals surface area contributed by atoms with Crippen LogP contribution in [-0.2, 0) is 0 Å². The Morgan fingerprint density at radius 2 is 2.21 bits per heavy atom. The molecule has 1 fully saturated rings. The number of urea groups is 1. The molecule has 1 aromatic heterocycles. The highest BCUT2D eigenvalue weighted by Gasteiger charge is 2.34. The summed E-state index contributed by atoms with van der Waals surface area (Å²) >= 11 is 1.61. The molecule has 6 nitrogen and oxygen atoms in total. The van der Waals surface area contributed by atoms with Gasteiger partial charge in [-0.25, -0.2) is 4.79 Å². The molecular weight excluding hydrogens is 324 g/mol. The Hall–Kier alpha value is -2.02. The third kappa shape index (κ3) is 3.40. The van der Waals surface area contributed by atoms with Crippen LogP contribution >= 0.6 is 11.8 Å². The van der Waals surface area contributed by atoms with E-state index in [0.717, 1.165) is 23.4 Å². The predicted octanol–water partition coefficient (Wildman–Crippen LogP) is 4.28. The number of hydrogen-bond acceptors (Lipinski definition) is 5. The number of benzene rings is 1. The number of likely N-dealkylation sites (tertiary alicyclic amines) is 1. The second-order valence-electron chi connectivity index (χ2n) is 6.13. The molecule has 0 spiro atoms. The van der Waals surface area contributed by atoms with Crippen LogP contribution in [0.5, 0.6) is 0 Å². The second kappa shape index (κ2) is 7.25. The van der Waals surface area contributed by atoms with E-state index in [2.05, 4.69) is 15.5 Å². The van der Waals surface area contributed by atoms with Gasteiger partial charge in [-0.2, -0.15) is 4.98 Å². The summed E-state index contributed by atoms with van der Waals surface area (Å²) in [6, 6.07) is 7.53. The van der Waals surface area contributed by atoms with Gasteiger partial charge in [0.05, 0.1) is 5.69 Å². The number of hydrogen-bond donors (Lipinski definition) is 1. The molecule has 1 unspecified atom stereocenters. The van der Waals surface area contributed by atoms with E-state index in [4.69, 9.17) is 4.52 Å². The van der Waals surface area contributed by atoms with E-state index in [1.54, 1.807) is 16.7 Å². The summed E-state index contributed by atoms with van der Waals surface area (Å²) in [4.78, 5) is 20.0. The Bertz CT molecular complexity index is 716. The molecular formula is C17H22N4O2S. The quantitative estimate of drug-likeness (QED) is 0.837. The zero-order chi connectivity index (χ0) is 17.1. The van der Waals surface area contributed by atoms with Crippen molar-refractivity contribution >= 4 is 23.5 Å². The first-order valence-corrected chi connectivity index (χ1v) is 9.36. The van der Waals surface area contributed by atoms with Crippen LogP contribution in [0.25, 0.3) is 0 Å². The van der Waals surface area contributed by atoms with Crippen LogP contribution in [0.4, 0.5) is 10.5 Å². The summed E-state index contributed by atoms with van der Waals surface area (Å²) < 4.78 is 5.40. The molecule has 1 saturated heterocycles. The van der Waals surface area contributed by atoms with Gasteiger partial charge in [-0.1, -0.05) is 31.1 Å². The number of nitrogens with zero attached hydrogens (tertiary/aromatic N) is 3. The smallest absolute Gasteiger partial charge is 0.322 e. The van der Waals surface area contributed by atoms with Gasteiger partial charge in [0.1, 0.15) is 6.04 Å². The monoisotopic (exact) mass is 346 g/mol. The standard InChI is InChI=1S/C17H22N4O2S/c1-11(2)15-19-16(23-20-15)13-8-6-10-21(13)17(22)18-12-7-4-5-9-14(12)24-3/h4-5,7,9,11,13H,6,8,10H2,1-3H3,(H,18,22). The first-order valence-electron chi connectivity index (χ1n) is 8.14. The van der Waals surface area contributed by atoms with Gasteiger partial charge < -0.3 is 14.7 Å². The first-order chi connectivity index (χ1) is 11.6. The van der Waals surface area contributed by atoms with Gasteiger partial charge in [0, 0.05) is 17.4 Å². The molecule has 1 aliphatic rings. The molecule has 2 aromatic rings. The van der Waals surface area contributed by atoms with Crippen molar-refractivity contribution < 1.29 is 9.32 Å². The van der Waals surface area contributed by atoms with Crippen molar-refractivity contribution in [3.63, 3.8) is 0 Å². The number of rotatable bonds is 4. The predicted molar refractivity (Wildman–Crippen MR) is 94.3 cm³/mol. The number of carbonyl (C=O) groups is 1. The van der Waals surface area contributed by atoms with Gasteiger partial charge in [-0.15, -0.1) is 11.8 Å². The highest BCUT2D eigenvalue weighted by Crippen LogP contribution is 2.33. The van der Waals surface area contributed by atoms with Crippen LogP contribution < -0.4 is 5.32 Å². The molecule has 128 valence electrons. The van der Waals surface area contributed by atoms with E-state index in [1.165, 1.54) is 0 Å². The average Bonchev–Trinajstić information content (AvgIpc) is 3.24. The van der Waals surface area contributed by atoms with Crippen LogP contribution in [0.15, 0.2) is 33.7 Å². The molecule has 1 atom stereocenters. The summed E-state index contributed by atoms with van der Waals surface area (Å²) in [6.07, 6.45) is 3.77. The molecule has 24 heavy (non-hydrogen) atoms. The number of nitrogens with one attached hydrogen (secondary N) is 1. The Balaban J connectivity index is 1.76. The van der Waals surface area contributed by atoms with Crippen LogP contribution in [0.2, 0.25) is 0 Å². The van der Waals surface area contributed by atoms with E-state index in [0.29, 0.717) is 18.3 Å². The zero-order valence-corrected chi connectivity index (χ0v) is 15.0. The van der Waals surface area contributed by atoms with Gasteiger partial charge >= 0.3 is 6.03 Å². The normalized spacial score (nSPS) is 17.5. The molecule has 2 heterocycles. The topological polar surface area (TPSA) is 71.3 Å². The zero-order valence-electron chi connectivity index (χ0n) is 14.2. The largest absolute Gasteiger partial charge is 0.337 e. The molecule has 1 aliphatic heterocycles. The maximum Gasteiger partial charge on any atom is 0.322 e. The molecule has 1 aromatic carbocycles. The van der Waals surface area contributed by atoms with Crippen molar-refractivity contribution in [2.45, 2.75) is 43.5 Å². The lowest BCUT2D eigenvalue weighted by Gasteiger charge is -2.22. The lowest BCUT2D eigenvalue weighted by molar-refractivity contribution is 0.193. The average molecular weight is 346 g/mol. The van der Waals surface area contributed by atoms with Gasteiger partial charge in [-0.05, 0) is 31.2 Å². The van der Waals surface area contributed by atoms with Crippen molar-refractivity contribution in [2.24, 2.45) is 0 Å². The van der Waals surface area contributed by atoms with E-state index >= 15 is 0 Å². The summed E-state index contributed by atoms with van der Waals surface area (Å²) in [5.74, 6) is 1.43. The fourth-order valence-electron chi connectivity index (χ4n) is 2.82. The molecule has 0 bridgehead atoms. The molecule has 1 N–H and O–H groups in total. The summed E-state index contributed by atoms with van der Waals surface area (Å²) in [7, 11) is 0. The fraction of sp³-hybridized carbons (Fsp3) is 0.471. The number of amides is 2. The minimum atomic E-state index is -0.147. The Morgan fingerprint density at radius 3 is 2.92 bits per heavy atom. The number of para-hydroxylation sites is 1. The molecule has 0 saturated carbocycles. The molecule has 3 rings (SSSR count). The third-order valence-electron chi connectivity index (χ3n) is 4.12. The second-order valence-corrected chi connectivity index (χ2v) is 6.98. The SMILES string of the molecule is CSc1ccccc1NC(=O)N1CCCC1c1nc(C(C)C)no1.